The second-order valence-electron chi connectivity index (χ2n) is 9.58. The highest BCUT2D eigenvalue weighted by Gasteiger charge is 2.37. The maximum absolute atomic E-state index is 13.4. The zero-order valence-electron chi connectivity index (χ0n) is 21.9. The van der Waals surface area contributed by atoms with Gasteiger partial charge in [0.1, 0.15) is 17.6 Å². The van der Waals surface area contributed by atoms with Gasteiger partial charge in [-0.1, -0.05) is 32.0 Å². The van der Waals surface area contributed by atoms with Crippen molar-refractivity contribution in [2.24, 2.45) is 5.92 Å². The molecule has 2 N–H and O–H groups in total. The van der Waals surface area contributed by atoms with E-state index in [1.165, 1.54) is 13.2 Å². The number of aromatic nitrogens is 2. The van der Waals surface area contributed by atoms with Gasteiger partial charge in [0, 0.05) is 30.9 Å². The molecule has 2 atom stereocenters. The van der Waals surface area contributed by atoms with Crippen molar-refractivity contribution in [3.8, 4) is 11.3 Å². The number of hydrogen-bond acceptors (Lipinski definition) is 7. The lowest BCUT2D eigenvalue weighted by atomic mass is 10.0. The molecule has 1 aliphatic rings. The summed E-state index contributed by atoms with van der Waals surface area (Å²) in [6.07, 6.45) is 2.56. The van der Waals surface area contributed by atoms with Crippen molar-refractivity contribution >= 4 is 29.1 Å². The van der Waals surface area contributed by atoms with Crippen LogP contribution in [0, 0.1) is 16.0 Å². The van der Waals surface area contributed by atoms with Gasteiger partial charge in [0.15, 0.2) is 0 Å². The van der Waals surface area contributed by atoms with Crippen molar-refractivity contribution in [2.45, 2.75) is 38.8 Å². The van der Waals surface area contributed by atoms with Crippen LogP contribution in [-0.2, 0) is 9.53 Å². The van der Waals surface area contributed by atoms with E-state index in [9.17, 15) is 19.7 Å². The molecule has 1 saturated heterocycles. The number of alkyl carbamates (subject to hydrolysis) is 1. The van der Waals surface area contributed by atoms with Gasteiger partial charge in [-0.2, -0.15) is 0 Å². The average Bonchev–Trinajstić information content (AvgIpc) is 3.61. The third kappa shape index (κ3) is 5.46. The van der Waals surface area contributed by atoms with E-state index in [4.69, 9.17) is 4.74 Å². The Kier molecular flexibility index (Phi) is 7.94. The first-order valence-corrected chi connectivity index (χ1v) is 12.5. The third-order valence-electron chi connectivity index (χ3n) is 6.83. The fourth-order valence-corrected chi connectivity index (χ4v) is 4.75. The highest BCUT2D eigenvalue weighted by molar-refractivity contribution is 5.86. The number of likely N-dealkylation sites (tertiary alicyclic amines) is 1. The highest BCUT2D eigenvalue weighted by Crippen LogP contribution is 2.37. The number of amides is 2. The quantitative estimate of drug-likeness (QED) is 0.322. The minimum atomic E-state index is -0.719. The molecule has 0 bridgehead atoms. The number of H-pyrrole nitrogens is 1. The summed E-state index contributed by atoms with van der Waals surface area (Å²) < 4.78 is 4.70. The number of anilines is 2. The number of nitro groups is 1. The summed E-state index contributed by atoms with van der Waals surface area (Å²) in [7, 11) is 3.05. The molecule has 2 aromatic carbocycles. The fraction of sp³-hybridized carbons (Fsp3) is 0.370. The molecule has 11 nitrogen and oxygen atoms in total. The predicted octanol–water partition coefficient (Wildman–Crippen LogP) is 4.80. The minimum absolute atomic E-state index is 0.00904. The topological polar surface area (TPSA) is 134 Å². The molecule has 1 aromatic heterocycles. The molecule has 38 heavy (non-hydrogen) atoms. The van der Waals surface area contributed by atoms with Crippen LogP contribution in [0.1, 0.15) is 38.6 Å². The van der Waals surface area contributed by atoms with Gasteiger partial charge in [-0.25, -0.2) is 9.78 Å². The van der Waals surface area contributed by atoms with Crippen LogP contribution in [-0.4, -0.2) is 58.5 Å². The van der Waals surface area contributed by atoms with E-state index in [1.807, 2.05) is 44.2 Å². The Morgan fingerprint density at radius 3 is 2.63 bits per heavy atom. The lowest BCUT2D eigenvalue weighted by molar-refractivity contribution is -0.384. The van der Waals surface area contributed by atoms with Crippen molar-refractivity contribution in [2.75, 3.05) is 25.6 Å². The number of methoxy groups -OCH3 is 1. The number of carbonyl (C=O) groups is 2. The van der Waals surface area contributed by atoms with Crippen molar-refractivity contribution in [3.63, 3.8) is 0 Å². The van der Waals surface area contributed by atoms with Crippen molar-refractivity contribution in [3.05, 3.63) is 70.7 Å². The van der Waals surface area contributed by atoms with Gasteiger partial charge < -0.3 is 24.8 Å². The summed E-state index contributed by atoms with van der Waals surface area (Å²) in [5, 5.41) is 14.4. The number of para-hydroxylation sites is 1. The molecule has 4 rings (SSSR count). The van der Waals surface area contributed by atoms with Crippen LogP contribution in [0.25, 0.3) is 11.3 Å². The van der Waals surface area contributed by atoms with Crippen LogP contribution < -0.4 is 10.2 Å². The molecule has 0 aliphatic carbocycles. The second kappa shape index (κ2) is 11.3. The first kappa shape index (κ1) is 26.6. The lowest BCUT2D eigenvalue weighted by Crippen LogP contribution is -2.51. The van der Waals surface area contributed by atoms with E-state index >= 15 is 0 Å². The molecule has 200 valence electrons. The average molecular weight is 521 g/mol. The maximum Gasteiger partial charge on any atom is 0.407 e. The smallest absolute Gasteiger partial charge is 0.407 e. The molecule has 0 spiro atoms. The number of nitrogens with one attached hydrogen (secondary N) is 2. The van der Waals surface area contributed by atoms with Gasteiger partial charge >= 0.3 is 6.09 Å². The Hall–Kier alpha value is -4.41. The Morgan fingerprint density at radius 1 is 1.24 bits per heavy atom. The Balaban J connectivity index is 1.62. The summed E-state index contributed by atoms with van der Waals surface area (Å²) in [6, 6.07) is 13.3. The van der Waals surface area contributed by atoms with Crippen LogP contribution in [0.3, 0.4) is 0 Å². The normalized spacial score (nSPS) is 15.8. The van der Waals surface area contributed by atoms with Gasteiger partial charge in [-0.3, -0.25) is 14.9 Å². The Morgan fingerprint density at radius 2 is 1.97 bits per heavy atom. The van der Waals surface area contributed by atoms with Crippen molar-refractivity contribution < 1.29 is 19.2 Å². The van der Waals surface area contributed by atoms with E-state index in [2.05, 4.69) is 15.3 Å². The molecule has 1 fully saturated rings. The number of imidazole rings is 1. The fourth-order valence-electron chi connectivity index (χ4n) is 4.75. The van der Waals surface area contributed by atoms with Crippen LogP contribution in [0.15, 0.2) is 54.7 Å². The Bertz CT molecular complexity index is 1310. The molecule has 2 amide bonds. The first-order valence-electron chi connectivity index (χ1n) is 12.5. The molecule has 0 unspecified atom stereocenters. The van der Waals surface area contributed by atoms with Crippen molar-refractivity contribution in [1.82, 2.24) is 20.2 Å². The van der Waals surface area contributed by atoms with E-state index in [1.54, 1.807) is 35.2 Å². The number of carbonyl (C=O) groups excluding carboxylic acids is 2. The monoisotopic (exact) mass is 520 g/mol. The molecule has 3 aromatic rings. The summed E-state index contributed by atoms with van der Waals surface area (Å²) in [5.41, 5.74) is 2.67. The van der Waals surface area contributed by atoms with Crippen LogP contribution >= 0.6 is 0 Å². The van der Waals surface area contributed by atoms with E-state index in [0.29, 0.717) is 23.8 Å². The summed E-state index contributed by atoms with van der Waals surface area (Å²) in [4.78, 5) is 48.0. The zero-order valence-corrected chi connectivity index (χ0v) is 21.9. The zero-order chi connectivity index (χ0) is 27.4. The SMILES string of the molecule is COC(=O)N[C@H](C(=O)N1CCC[C@H]1c1ncc(-c2ccc([N+](=O)[O-])c(N(C)c3ccccc3)c2)[nH]1)C(C)C. The number of nitro benzene ring substituents is 1. The summed E-state index contributed by atoms with van der Waals surface area (Å²) in [6.45, 7) is 4.29. The summed E-state index contributed by atoms with van der Waals surface area (Å²) in [5.74, 6) is 0.311. The minimum Gasteiger partial charge on any atom is -0.453 e. The van der Waals surface area contributed by atoms with Crippen molar-refractivity contribution in [1.29, 1.82) is 0 Å². The largest absolute Gasteiger partial charge is 0.453 e. The molecule has 1 aliphatic heterocycles. The first-order chi connectivity index (χ1) is 18.2. The van der Waals surface area contributed by atoms with Crippen LogP contribution in [0.2, 0.25) is 0 Å². The highest BCUT2D eigenvalue weighted by atomic mass is 16.6. The third-order valence-corrected chi connectivity index (χ3v) is 6.83. The molecule has 2 heterocycles. The molecular weight excluding hydrogens is 488 g/mol. The van der Waals surface area contributed by atoms with E-state index in [-0.39, 0.29) is 23.6 Å². The number of ether oxygens (including phenoxy) is 1. The number of benzene rings is 2. The lowest BCUT2D eigenvalue weighted by Gasteiger charge is -2.30. The second-order valence-corrected chi connectivity index (χ2v) is 9.58. The Labute approximate surface area is 221 Å². The van der Waals surface area contributed by atoms with Gasteiger partial charge in [0.05, 0.1) is 30.0 Å². The number of rotatable bonds is 8. The van der Waals surface area contributed by atoms with Crippen LogP contribution in [0.5, 0.6) is 0 Å². The van der Waals surface area contributed by atoms with E-state index in [0.717, 1.165) is 24.1 Å². The number of hydrogen-bond donors (Lipinski definition) is 2. The molecular formula is C27H32N6O5. The summed E-state index contributed by atoms with van der Waals surface area (Å²) >= 11 is 0. The van der Waals surface area contributed by atoms with Gasteiger partial charge in [-0.15, -0.1) is 0 Å². The van der Waals surface area contributed by atoms with Gasteiger partial charge in [0.25, 0.3) is 5.69 Å². The van der Waals surface area contributed by atoms with E-state index < -0.39 is 17.1 Å². The maximum atomic E-state index is 13.4. The van der Waals surface area contributed by atoms with Gasteiger partial charge in [0.2, 0.25) is 5.91 Å². The van der Waals surface area contributed by atoms with Gasteiger partial charge in [-0.05, 0) is 43.0 Å². The molecule has 0 saturated carbocycles. The molecule has 0 radical (unpaired) electrons. The standard InChI is InChI=1S/C27H32N6O5/c1-17(2)24(30-27(35)38-4)26(34)32-14-8-11-22(32)25-28-16-20(29-25)18-12-13-21(33(36)37)23(15-18)31(3)19-9-6-5-7-10-19/h5-7,9-10,12-13,15-17,22,24H,8,11,14H2,1-4H3,(H,28,29)(H,30,35)/t22-,24-/m0/s1. The number of aromatic amines is 1. The van der Waals surface area contributed by atoms with Crippen LogP contribution in [0.4, 0.5) is 21.9 Å². The predicted molar refractivity (Wildman–Crippen MR) is 143 cm³/mol. The number of nitrogens with zero attached hydrogens (tertiary/aromatic N) is 4. The molecule has 11 heteroatoms.